The van der Waals surface area contributed by atoms with Gasteiger partial charge in [0.05, 0.1) is 6.54 Å². The molecule has 1 aromatic carbocycles. The summed E-state index contributed by atoms with van der Waals surface area (Å²) in [6.45, 7) is 9.66. The third kappa shape index (κ3) is 5.96. The average molecular weight is 390 g/mol. The molecule has 0 spiro atoms. The van der Waals surface area contributed by atoms with Crippen molar-refractivity contribution in [3.63, 3.8) is 0 Å². The van der Waals surface area contributed by atoms with E-state index in [1.165, 1.54) is 11.1 Å². The molecule has 6 heteroatoms. The summed E-state index contributed by atoms with van der Waals surface area (Å²) in [4.78, 5) is 27.7. The number of hydrogen-bond donors (Lipinski definition) is 2. The topological polar surface area (TPSA) is 72.9 Å². The van der Waals surface area contributed by atoms with Gasteiger partial charge in [0.1, 0.15) is 0 Å². The second-order valence-electron chi connectivity index (χ2n) is 7.77. The molecule has 2 rings (SSSR count). The van der Waals surface area contributed by atoms with E-state index in [-0.39, 0.29) is 30.7 Å². The number of rotatable bonds is 10. The number of amides is 2. The molecule has 1 atom stereocenters. The van der Waals surface area contributed by atoms with Crippen LogP contribution in [0.5, 0.6) is 0 Å². The van der Waals surface area contributed by atoms with Crippen LogP contribution in [0, 0.1) is 6.92 Å². The van der Waals surface area contributed by atoms with E-state index in [1.807, 2.05) is 23.6 Å². The maximum absolute atomic E-state index is 12.9. The molecule has 6 nitrogen and oxygen atoms in total. The molecule has 1 aromatic rings. The summed E-state index contributed by atoms with van der Waals surface area (Å²) in [6.07, 6.45) is 3.40. The Morgan fingerprint density at radius 2 is 1.79 bits per heavy atom. The fourth-order valence-electron chi connectivity index (χ4n) is 3.97. The summed E-state index contributed by atoms with van der Waals surface area (Å²) >= 11 is 0. The molecule has 1 unspecified atom stereocenters. The summed E-state index contributed by atoms with van der Waals surface area (Å²) in [5.74, 6) is -0.798. The van der Waals surface area contributed by atoms with Crippen LogP contribution in [0.4, 0.5) is 4.79 Å². The Morgan fingerprint density at radius 1 is 1.14 bits per heavy atom. The van der Waals surface area contributed by atoms with Crippen molar-refractivity contribution < 1.29 is 14.7 Å². The number of aryl methyl sites for hydroxylation is 1. The summed E-state index contributed by atoms with van der Waals surface area (Å²) in [7, 11) is 0. The van der Waals surface area contributed by atoms with Gasteiger partial charge in [0, 0.05) is 24.7 Å². The minimum Gasteiger partial charge on any atom is -0.480 e. The van der Waals surface area contributed by atoms with Gasteiger partial charge in [-0.1, -0.05) is 43.7 Å². The standard InChI is InChI=1S/C22H35N3O3/c1-5-19(12-17-10-8-16(4)9-11-17)25(7-3)22(28)23-18-13-20(14-18)24(6-2)15-21(26)27/h8-11,18-20H,5-7,12-15H2,1-4H3,(H,23,28)(H,26,27). The Bertz CT molecular complexity index is 641. The van der Waals surface area contributed by atoms with Crippen molar-refractivity contribution >= 4 is 12.0 Å². The SMILES string of the molecule is CCC(Cc1ccc(C)cc1)N(CC)C(=O)NC1CC(N(CC)CC(=O)O)C1. The van der Waals surface area contributed by atoms with Crippen LogP contribution in [0.2, 0.25) is 0 Å². The summed E-state index contributed by atoms with van der Waals surface area (Å²) < 4.78 is 0. The molecule has 2 N–H and O–H groups in total. The quantitative estimate of drug-likeness (QED) is 0.644. The molecule has 0 saturated heterocycles. The molecule has 1 saturated carbocycles. The summed E-state index contributed by atoms with van der Waals surface area (Å²) in [5, 5.41) is 12.2. The third-order valence-electron chi connectivity index (χ3n) is 5.81. The molecule has 1 fully saturated rings. The highest BCUT2D eigenvalue weighted by molar-refractivity contribution is 5.75. The van der Waals surface area contributed by atoms with Crippen LogP contribution in [0.1, 0.15) is 51.2 Å². The second kappa shape index (κ2) is 10.5. The predicted octanol–water partition coefficient (Wildman–Crippen LogP) is 3.29. The Balaban J connectivity index is 1.88. The van der Waals surface area contributed by atoms with E-state index in [9.17, 15) is 9.59 Å². The number of nitrogens with one attached hydrogen (secondary N) is 1. The van der Waals surface area contributed by atoms with Crippen LogP contribution < -0.4 is 5.32 Å². The molecular formula is C22H35N3O3. The third-order valence-corrected chi connectivity index (χ3v) is 5.81. The normalized spacial score (nSPS) is 19.8. The van der Waals surface area contributed by atoms with Crippen molar-refractivity contribution in [1.29, 1.82) is 0 Å². The summed E-state index contributed by atoms with van der Waals surface area (Å²) in [5.41, 5.74) is 2.49. The van der Waals surface area contributed by atoms with Gasteiger partial charge in [0.15, 0.2) is 0 Å². The minimum absolute atomic E-state index is 0.00815. The first kappa shape index (κ1) is 22.2. The minimum atomic E-state index is -0.798. The van der Waals surface area contributed by atoms with Crippen molar-refractivity contribution in [2.45, 2.75) is 71.5 Å². The van der Waals surface area contributed by atoms with E-state index < -0.39 is 5.97 Å². The lowest BCUT2D eigenvalue weighted by Crippen LogP contribution is -2.58. The van der Waals surface area contributed by atoms with Gasteiger partial charge in [-0.3, -0.25) is 9.69 Å². The Labute approximate surface area is 168 Å². The first-order valence-corrected chi connectivity index (χ1v) is 10.5. The number of carboxylic acids is 1. The lowest BCUT2D eigenvalue weighted by Gasteiger charge is -2.43. The molecule has 0 heterocycles. The van der Waals surface area contributed by atoms with Gasteiger partial charge in [-0.05, 0) is 51.6 Å². The number of nitrogens with zero attached hydrogens (tertiary/aromatic N) is 2. The van der Waals surface area contributed by atoms with Gasteiger partial charge in [-0.2, -0.15) is 0 Å². The Morgan fingerprint density at radius 3 is 2.29 bits per heavy atom. The zero-order chi connectivity index (χ0) is 20.7. The maximum atomic E-state index is 12.9. The molecule has 1 aliphatic carbocycles. The van der Waals surface area contributed by atoms with Crippen LogP contribution in [0.3, 0.4) is 0 Å². The predicted molar refractivity (Wildman–Crippen MR) is 112 cm³/mol. The van der Waals surface area contributed by atoms with Crippen LogP contribution in [-0.2, 0) is 11.2 Å². The van der Waals surface area contributed by atoms with Crippen molar-refractivity contribution in [1.82, 2.24) is 15.1 Å². The van der Waals surface area contributed by atoms with Crippen molar-refractivity contribution in [2.75, 3.05) is 19.6 Å². The van der Waals surface area contributed by atoms with Crippen molar-refractivity contribution in [2.24, 2.45) is 0 Å². The number of carbonyl (C=O) groups is 2. The van der Waals surface area contributed by atoms with E-state index in [0.717, 1.165) is 25.7 Å². The van der Waals surface area contributed by atoms with Crippen molar-refractivity contribution in [3.05, 3.63) is 35.4 Å². The smallest absolute Gasteiger partial charge is 0.317 e. The lowest BCUT2D eigenvalue weighted by molar-refractivity contribution is -0.139. The molecule has 0 bridgehead atoms. The fraction of sp³-hybridized carbons (Fsp3) is 0.636. The highest BCUT2D eigenvalue weighted by Crippen LogP contribution is 2.26. The molecule has 0 radical (unpaired) electrons. The van der Waals surface area contributed by atoms with Gasteiger partial charge in [-0.15, -0.1) is 0 Å². The highest BCUT2D eigenvalue weighted by atomic mass is 16.4. The van der Waals surface area contributed by atoms with Crippen molar-refractivity contribution in [3.8, 4) is 0 Å². The van der Waals surface area contributed by atoms with Gasteiger partial charge < -0.3 is 15.3 Å². The van der Waals surface area contributed by atoms with E-state index in [2.05, 4.69) is 43.4 Å². The van der Waals surface area contributed by atoms with Crippen LogP contribution in [-0.4, -0.2) is 64.7 Å². The molecular weight excluding hydrogens is 354 g/mol. The zero-order valence-electron chi connectivity index (χ0n) is 17.6. The number of benzene rings is 1. The first-order valence-electron chi connectivity index (χ1n) is 10.5. The molecule has 0 aromatic heterocycles. The monoisotopic (exact) mass is 389 g/mol. The van der Waals surface area contributed by atoms with E-state index in [4.69, 9.17) is 5.11 Å². The lowest BCUT2D eigenvalue weighted by atomic mass is 9.85. The van der Waals surface area contributed by atoms with E-state index in [1.54, 1.807) is 0 Å². The maximum Gasteiger partial charge on any atom is 0.317 e. The van der Waals surface area contributed by atoms with Gasteiger partial charge >= 0.3 is 12.0 Å². The molecule has 0 aliphatic heterocycles. The first-order chi connectivity index (χ1) is 13.4. The number of hydrogen-bond acceptors (Lipinski definition) is 3. The van der Waals surface area contributed by atoms with Crippen LogP contribution in [0.15, 0.2) is 24.3 Å². The fourth-order valence-corrected chi connectivity index (χ4v) is 3.97. The number of aliphatic carboxylic acids is 1. The number of carboxylic acid groups (broad SMARTS) is 1. The Kier molecular flexibility index (Phi) is 8.30. The average Bonchev–Trinajstić information content (AvgIpc) is 2.63. The largest absolute Gasteiger partial charge is 0.480 e. The zero-order valence-corrected chi connectivity index (χ0v) is 17.6. The van der Waals surface area contributed by atoms with Gasteiger partial charge in [-0.25, -0.2) is 4.79 Å². The van der Waals surface area contributed by atoms with Gasteiger partial charge in [0.25, 0.3) is 0 Å². The summed E-state index contributed by atoms with van der Waals surface area (Å²) in [6, 6.07) is 9.05. The Hall–Kier alpha value is -2.08. The second-order valence-corrected chi connectivity index (χ2v) is 7.77. The number of likely N-dealkylation sites (N-methyl/N-ethyl adjacent to an activating group) is 2. The van der Waals surface area contributed by atoms with Gasteiger partial charge in [0.2, 0.25) is 0 Å². The highest BCUT2D eigenvalue weighted by Gasteiger charge is 2.35. The molecule has 28 heavy (non-hydrogen) atoms. The van der Waals surface area contributed by atoms with E-state index >= 15 is 0 Å². The van der Waals surface area contributed by atoms with E-state index in [0.29, 0.717) is 13.1 Å². The molecule has 1 aliphatic rings. The molecule has 156 valence electrons. The van der Waals surface area contributed by atoms with Crippen LogP contribution in [0.25, 0.3) is 0 Å². The molecule has 2 amide bonds. The van der Waals surface area contributed by atoms with Crippen LogP contribution >= 0.6 is 0 Å². The number of carbonyl (C=O) groups excluding carboxylic acids is 1. The number of urea groups is 1.